The molecule has 2 aliphatic rings. The summed E-state index contributed by atoms with van der Waals surface area (Å²) >= 11 is 7.60. The number of carbonyl (C=O) groups excluding carboxylic acids is 2. The van der Waals surface area contributed by atoms with Crippen molar-refractivity contribution >= 4 is 40.5 Å². The number of rotatable bonds is 6. The minimum Gasteiger partial charge on any atom is -0.332 e. The maximum absolute atomic E-state index is 12.4. The number of amides is 3. The van der Waals surface area contributed by atoms with Crippen LogP contribution in [0.1, 0.15) is 18.9 Å². The summed E-state index contributed by atoms with van der Waals surface area (Å²) in [7, 11) is 1.66. The third kappa shape index (κ3) is 4.65. The number of nitrogens with zero attached hydrogens (tertiary/aromatic N) is 3. The molecule has 144 valence electrons. The molecule has 0 bridgehead atoms. The molecule has 0 radical (unpaired) electrons. The van der Waals surface area contributed by atoms with E-state index in [9.17, 15) is 9.59 Å². The first kappa shape index (κ1) is 19.8. The minimum atomic E-state index is -0.517. The maximum Gasteiger partial charge on any atom is 0.325 e. The molecule has 2 aliphatic heterocycles. The van der Waals surface area contributed by atoms with E-state index in [2.05, 4.69) is 22.4 Å². The van der Waals surface area contributed by atoms with Gasteiger partial charge in [-0.2, -0.15) is 0 Å². The lowest BCUT2D eigenvalue weighted by atomic mass is 10.1. The van der Waals surface area contributed by atoms with Gasteiger partial charge in [0.25, 0.3) is 5.91 Å². The number of imide groups is 1. The van der Waals surface area contributed by atoms with Crippen molar-refractivity contribution in [3.63, 3.8) is 0 Å². The molecule has 2 atom stereocenters. The largest absolute Gasteiger partial charge is 0.332 e. The number of nitrogens with one attached hydrogen (secondary N) is 1. The van der Waals surface area contributed by atoms with E-state index in [0.717, 1.165) is 23.8 Å². The van der Waals surface area contributed by atoms with Gasteiger partial charge < -0.3 is 9.80 Å². The van der Waals surface area contributed by atoms with Gasteiger partial charge in [0.15, 0.2) is 17.4 Å². The van der Waals surface area contributed by atoms with Crippen molar-refractivity contribution < 1.29 is 9.59 Å². The summed E-state index contributed by atoms with van der Waals surface area (Å²) in [6.07, 6.45) is 3.36. The molecule has 1 saturated heterocycles. The second-order valence-electron chi connectivity index (χ2n) is 6.56. The molecule has 1 aromatic carbocycles. The third-order valence-corrected chi connectivity index (χ3v) is 5.82. The normalized spacial score (nSPS) is 22.6. The smallest absolute Gasteiger partial charge is 0.325 e. The van der Waals surface area contributed by atoms with E-state index in [1.54, 1.807) is 25.7 Å². The van der Waals surface area contributed by atoms with Crippen molar-refractivity contribution in [1.29, 1.82) is 0 Å². The number of hydrogen-bond acceptors (Lipinski definition) is 5. The molecular formula is C19H23ClN4O2S. The van der Waals surface area contributed by atoms with Gasteiger partial charge in [-0.25, -0.2) is 9.79 Å². The predicted molar refractivity (Wildman–Crippen MR) is 110 cm³/mol. The van der Waals surface area contributed by atoms with Gasteiger partial charge in [0.1, 0.15) is 0 Å². The molecule has 27 heavy (non-hydrogen) atoms. The third-order valence-electron chi connectivity index (χ3n) is 4.58. The van der Waals surface area contributed by atoms with Crippen molar-refractivity contribution in [1.82, 2.24) is 15.1 Å². The molecule has 8 heteroatoms. The van der Waals surface area contributed by atoms with E-state index < -0.39 is 18.2 Å². The molecule has 3 rings (SSSR count). The van der Waals surface area contributed by atoms with E-state index in [0.29, 0.717) is 11.6 Å². The van der Waals surface area contributed by atoms with Gasteiger partial charge in [-0.3, -0.25) is 10.1 Å². The summed E-state index contributed by atoms with van der Waals surface area (Å²) in [5.41, 5.74) is 1.31. The fourth-order valence-corrected chi connectivity index (χ4v) is 4.20. The summed E-state index contributed by atoms with van der Waals surface area (Å²) in [4.78, 5) is 32.4. The molecule has 1 aromatic rings. The number of aliphatic imine (C=N–C) groups is 1. The predicted octanol–water partition coefficient (Wildman–Crippen LogP) is 3.04. The second-order valence-corrected chi connectivity index (χ2v) is 8.21. The molecule has 1 N–H and O–H groups in total. The molecule has 0 aliphatic carbocycles. The molecule has 3 amide bonds. The highest BCUT2D eigenvalue weighted by Crippen LogP contribution is 2.29. The standard InChI is InChI=1S/C19H23ClN4O2S/c1-13(20)10-11-24-15-16(23(2)18(26)22-17(15)25)21-19(24)27-12-6-9-14-7-4-3-5-8-14/h3-5,7-8,10,15-16H,6,9,11-12H2,1-2H3,(H,22,25,26)/b13-10-. The highest BCUT2D eigenvalue weighted by atomic mass is 35.5. The fourth-order valence-electron chi connectivity index (χ4n) is 3.12. The zero-order chi connectivity index (χ0) is 19.4. The number of halogens is 1. The van der Waals surface area contributed by atoms with Gasteiger partial charge in [-0.05, 0) is 25.3 Å². The Bertz CT molecular complexity index is 764. The van der Waals surface area contributed by atoms with Gasteiger partial charge >= 0.3 is 6.03 Å². The second kappa shape index (κ2) is 8.80. The summed E-state index contributed by atoms with van der Waals surface area (Å²) < 4.78 is 0. The molecule has 0 spiro atoms. The summed E-state index contributed by atoms with van der Waals surface area (Å²) in [5, 5.41) is 3.84. The lowest BCUT2D eigenvalue weighted by Crippen LogP contribution is -2.63. The highest BCUT2D eigenvalue weighted by molar-refractivity contribution is 8.13. The zero-order valence-electron chi connectivity index (χ0n) is 15.4. The van der Waals surface area contributed by atoms with E-state index in [1.165, 1.54) is 10.5 Å². The summed E-state index contributed by atoms with van der Waals surface area (Å²) in [6.45, 7) is 2.28. The summed E-state index contributed by atoms with van der Waals surface area (Å²) in [5.74, 6) is 0.569. The van der Waals surface area contributed by atoms with Crippen LogP contribution in [0.3, 0.4) is 0 Å². The molecule has 1 fully saturated rings. The highest BCUT2D eigenvalue weighted by Gasteiger charge is 2.48. The Labute approximate surface area is 168 Å². The summed E-state index contributed by atoms with van der Waals surface area (Å²) in [6, 6.07) is 9.42. The average molecular weight is 407 g/mol. The first-order chi connectivity index (χ1) is 13.0. The quantitative estimate of drug-likeness (QED) is 0.737. The van der Waals surface area contributed by atoms with Crippen LogP contribution in [0.2, 0.25) is 0 Å². The van der Waals surface area contributed by atoms with Crippen LogP contribution in [0, 0.1) is 0 Å². The Hall–Kier alpha value is -1.99. The lowest BCUT2D eigenvalue weighted by molar-refractivity contribution is -0.126. The number of urea groups is 1. The SMILES string of the molecule is C/C(Cl)=C/CN1C(SCCCc2ccccc2)=NC2C1C(=O)NC(=O)N2C. The van der Waals surface area contributed by atoms with Gasteiger partial charge in [-0.15, -0.1) is 0 Å². The lowest BCUT2D eigenvalue weighted by Gasteiger charge is -2.35. The Morgan fingerprint density at radius 2 is 2.07 bits per heavy atom. The van der Waals surface area contributed by atoms with E-state index in [1.807, 2.05) is 29.2 Å². The first-order valence-electron chi connectivity index (χ1n) is 8.88. The van der Waals surface area contributed by atoms with Crippen molar-refractivity contribution in [2.75, 3.05) is 19.3 Å². The van der Waals surface area contributed by atoms with Crippen LogP contribution in [-0.2, 0) is 11.2 Å². The maximum atomic E-state index is 12.4. The average Bonchev–Trinajstić information content (AvgIpc) is 3.01. The van der Waals surface area contributed by atoms with E-state index in [-0.39, 0.29) is 5.91 Å². The van der Waals surface area contributed by atoms with Crippen LogP contribution < -0.4 is 5.32 Å². The van der Waals surface area contributed by atoms with Crippen molar-refractivity contribution in [2.24, 2.45) is 4.99 Å². The Balaban J connectivity index is 1.67. The monoisotopic (exact) mass is 406 g/mol. The number of likely N-dealkylation sites (N-methyl/N-ethyl adjacent to an activating group) is 1. The number of carbonyl (C=O) groups is 2. The molecule has 0 saturated carbocycles. The zero-order valence-corrected chi connectivity index (χ0v) is 17.0. The van der Waals surface area contributed by atoms with Crippen LogP contribution in [0.5, 0.6) is 0 Å². The minimum absolute atomic E-state index is 0.313. The number of hydrogen-bond donors (Lipinski definition) is 1. The van der Waals surface area contributed by atoms with Crippen LogP contribution >= 0.6 is 23.4 Å². The Kier molecular flexibility index (Phi) is 6.44. The number of thioether (sulfide) groups is 1. The molecule has 2 unspecified atom stereocenters. The van der Waals surface area contributed by atoms with E-state index >= 15 is 0 Å². The molecule has 0 aromatic heterocycles. The number of allylic oxidation sites excluding steroid dienone is 1. The number of aryl methyl sites for hydroxylation is 1. The molecule has 2 heterocycles. The first-order valence-corrected chi connectivity index (χ1v) is 10.2. The van der Waals surface area contributed by atoms with Crippen molar-refractivity contribution in [2.45, 2.75) is 32.0 Å². The fraction of sp³-hybridized carbons (Fsp3) is 0.421. The topological polar surface area (TPSA) is 65.0 Å². The van der Waals surface area contributed by atoms with Crippen LogP contribution in [0.15, 0.2) is 46.4 Å². The van der Waals surface area contributed by atoms with E-state index in [4.69, 9.17) is 11.6 Å². The van der Waals surface area contributed by atoms with Crippen LogP contribution in [-0.4, -0.2) is 58.5 Å². The van der Waals surface area contributed by atoms with Gasteiger partial charge in [0.2, 0.25) is 0 Å². The van der Waals surface area contributed by atoms with Crippen molar-refractivity contribution in [3.8, 4) is 0 Å². The molecule has 6 nitrogen and oxygen atoms in total. The van der Waals surface area contributed by atoms with Gasteiger partial charge in [0.05, 0.1) is 0 Å². The molecular weight excluding hydrogens is 384 g/mol. The Morgan fingerprint density at radius 1 is 1.33 bits per heavy atom. The van der Waals surface area contributed by atoms with Crippen LogP contribution in [0.25, 0.3) is 0 Å². The Morgan fingerprint density at radius 3 is 2.78 bits per heavy atom. The number of benzene rings is 1. The van der Waals surface area contributed by atoms with Crippen molar-refractivity contribution in [3.05, 3.63) is 47.0 Å². The van der Waals surface area contributed by atoms with Crippen LogP contribution in [0.4, 0.5) is 4.79 Å². The van der Waals surface area contributed by atoms with Gasteiger partial charge in [-0.1, -0.05) is 59.8 Å². The van der Waals surface area contributed by atoms with Gasteiger partial charge in [0, 0.05) is 24.4 Å². The number of amidine groups is 1. The number of fused-ring (bicyclic) bond motifs is 1.